The van der Waals surface area contributed by atoms with Gasteiger partial charge in [0.15, 0.2) is 5.82 Å². The molecule has 6 nitrogen and oxygen atoms in total. The topological polar surface area (TPSA) is 90.0 Å². The zero-order valence-corrected chi connectivity index (χ0v) is 12.3. The average Bonchev–Trinajstić information content (AvgIpc) is 2.74. The van der Waals surface area contributed by atoms with E-state index in [1.54, 1.807) is 16.8 Å². The van der Waals surface area contributed by atoms with Gasteiger partial charge >= 0.3 is 0 Å². The molecule has 1 aromatic carbocycles. The number of rotatable bonds is 5. The molecular weight excluding hydrogens is 276 g/mol. The minimum atomic E-state index is -3.71. The Labute approximate surface area is 118 Å². The highest BCUT2D eigenvalue weighted by molar-refractivity contribution is 7.92. The quantitative estimate of drug-likeness (QED) is 0.882. The Balaban J connectivity index is 2.28. The van der Waals surface area contributed by atoms with Crippen LogP contribution >= 0.6 is 0 Å². The summed E-state index contributed by atoms with van der Waals surface area (Å²) in [5.74, 6) is 0.0121. The minimum absolute atomic E-state index is 0.00604. The molecule has 0 aliphatic heterocycles. The SMILES string of the molecule is CCCn1cc(S(=O)(=O)Nc2ccc(C)cc2)c(N)n1. The fraction of sp³-hybridized carbons (Fsp3) is 0.308. The van der Waals surface area contributed by atoms with Crippen molar-refractivity contribution in [2.75, 3.05) is 10.5 Å². The molecule has 0 fully saturated rings. The van der Waals surface area contributed by atoms with Crippen molar-refractivity contribution in [3.63, 3.8) is 0 Å². The van der Waals surface area contributed by atoms with Gasteiger partial charge in [-0.3, -0.25) is 9.40 Å². The van der Waals surface area contributed by atoms with Crippen molar-refractivity contribution in [1.29, 1.82) is 0 Å². The van der Waals surface area contributed by atoms with Crippen molar-refractivity contribution in [1.82, 2.24) is 9.78 Å². The molecule has 0 saturated heterocycles. The van der Waals surface area contributed by atoms with Crippen molar-refractivity contribution in [3.8, 4) is 0 Å². The lowest BCUT2D eigenvalue weighted by atomic mass is 10.2. The maximum atomic E-state index is 12.3. The second kappa shape index (κ2) is 5.54. The van der Waals surface area contributed by atoms with E-state index in [1.807, 2.05) is 26.0 Å². The van der Waals surface area contributed by atoms with E-state index >= 15 is 0 Å². The third-order valence-corrected chi connectivity index (χ3v) is 4.20. The maximum absolute atomic E-state index is 12.3. The standard InChI is InChI=1S/C13H18N4O2S/c1-3-8-17-9-12(13(14)15-17)20(18,19)16-11-6-4-10(2)5-7-11/h4-7,9,16H,3,8H2,1-2H3,(H2,14,15). The van der Waals surface area contributed by atoms with Gasteiger partial charge in [-0.15, -0.1) is 0 Å². The molecule has 0 saturated carbocycles. The van der Waals surface area contributed by atoms with Crippen LogP contribution in [0.15, 0.2) is 35.4 Å². The van der Waals surface area contributed by atoms with Gasteiger partial charge in [0, 0.05) is 18.4 Å². The molecule has 2 aromatic rings. The minimum Gasteiger partial charge on any atom is -0.381 e. The van der Waals surface area contributed by atoms with E-state index < -0.39 is 10.0 Å². The van der Waals surface area contributed by atoms with E-state index in [0.717, 1.165) is 12.0 Å². The number of nitrogens with one attached hydrogen (secondary N) is 1. The first-order valence-electron chi connectivity index (χ1n) is 6.35. The van der Waals surface area contributed by atoms with Crippen LogP contribution in [0.2, 0.25) is 0 Å². The Bertz CT molecular complexity index is 690. The molecule has 0 aliphatic carbocycles. The summed E-state index contributed by atoms with van der Waals surface area (Å²) in [4.78, 5) is 0.00604. The zero-order valence-electron chi connectivity index (χ0n) is 11.5. The number of benzene rings is 1. The number of anilines is 2. The van der Waals surface area contributed by atoms with Crippen LogP contribution in [-0.4, -0.2) is 18.2 Å². The number of nitrogens with two attached hydrogens (primary N) is 1. The molecule has 2 rings (SSSR count). The van der Waals surface area contributed by atoms with Crippen molar-refractivity contribution >= 4 is 21.5 Å². The first-order valence-corrected chi connectivity index (χ1v) is 7.83. The van der Waals surface area contributed by atoms with Gasteiger partial charge in [0.1, 0.15) is 4.90 Å². The Morgan fingerprint density at radius 1 is 1.30 bits per heavy atom. The number of sulfonamides is 1. The summed E-state index contributed by atoms with van der Waals surface area (Å²) >= 11 is 0. The van der Waals surface area contributed by atoms with Crippen molar-refractivity contribution < 1.29 is 8.42 Å². The molecule has 0 unspecified atom stereocenters. The summed E-state index contributed by atoms with van der Waals surface area (Å²) < 4.78 is 28.6. The molecule has 0 bridgehead atoms. The van der Waals surface area contributed by atoms with Gasteiger partial charge in [-0.1, -0.05) is 24.6 Å². The van der Waals surface area contributed by atoms with Gasteiger partial charge < -0.3 is 5.73 Å². The predicted molar refractivity (Wildman–Crippen MR) is 78.9 cm³/mol. The maximum Gasteiger partial charge on any atom is 0.267 e. The fourth-order valence-corrected chi connectivity index (χ4v) is 2.93. The van der Waals surface area contributed by atoms with Gasteiger partial charge in [0.25, 0.3) is 10.0 Å². The number of hydrogen-bond acceptors (Lipinski definition) is 4. The second-order valence-corrected chi connectivity index (χ2v) is 6.26. The van der Waals surface area contributed by atoms with Gasteiger partial charge in [0.2, 0.25) is 0 Å². The zero-order chi connectivity index (χ0) is 14.8. The summed E-state index contributed by atoms with van der Waals surface area (Å²) in [6.07, 6.45) is 2.31. The lowest BCUT2D eigenvalue weighted by Gasteiger charge is -2.06. The highest BCUT2D eigenvalue weighted by Gasteiger charge is 2.21. The van der Waals surface area contributed by atoms with Crippen molar-refractivity contribution in [3.05, 3.63) is 36.0 Å². The molecule has 108 valence electrons. The van der Waals surface area contributed by atoms with Crippen LogP contribution in [0.3, 0.4) is 0 Å². The van der Waals surface area contributed by atoms with E-state index in [4.69, 9.17) is 5.73 Å². The first-order chi connectivity index (χ1) is 9.42. The molecular formula is C13H18N4O2S. The molecule has 1 aromatic heterocycles. The summed E-state index contributed by atoms with van der Waals surface area (Å²) in [5.41, 5.74) is 7.24. The predicted octanol–water partition coefficient (Wildman–Crippen LogP) is 1.98. The molecule has 7 heteroatoms. The largest absolute Gasteiger partial charge is 0.381 e. The van der Waals surface area contributed by atoms with E-state index in [2.05, 4.69) is 9.82 Å². The average molecular weight is 294 g/mol. The smallest absolute Gasteiger partial charge is 0.267 e. The van der Waals surface area contributed by atoms with Crippen molar-refractivity contribution in [2.24, 2.45) is 0 Å². The van der Waals surface area contributed by atoms with E-state index in [9.17, 15) is 8.42 Å². The van der Waals surface area contributed by atoms with Crippen LogP contribution in [0, 0.1) is 6.92 Å². The normalized spacial score (nSPS) is 11.5. The molecule has 0 aliphatic rings. The summed E-state index contributed by atoms with van der Waals surface area (Å²) in [7, 11) is -3.71. The second-order valence-electron chi connectivity index (χ2n) is 4.61. The third kappa shape index (κ3) is 3.11. The van der Waals surface area contributed by atoms with Crippen LogP contribution in [0.4, 0.5) is 11.5 Å². The van der Waals surface area contributed by atoms with E-state index in [-0.39, 0.29) is 10.7 Å². The van der Waals surface area contributed by atoms with Crippen LogP contribution in [-0.2, 0) is 16.6 Å². The molecule has 0 amide bonds. The lowest BCUT2D eigenvalue weighted by molar-refractivity contribution is 0.595. The monoisotopic (exact) mass is 294 g/mol. The number of hydrogen-bond donors (Lipinski definition) is 2. The fourth-order valence-electron chi connectivity index (χ4n) is 1.80. The Kier molecular flexibility index (Phi) is 3.99. The number of nitrogens with zero attached hydrogens (tertiary/aromatic N) is 2. The van der Waals surface area contributed by atoms with Crippen LogP contribution in [0.1, 0.15) is 18.9 Å². The van der Waals surface area contributed by atoms with Crippen LogP contribution < -0.4 is 10.5 Å². The molecule has 0 atom stereocenters. The molecule has 0 radical (unpaired) electrons. The molecule has 0 spiro atoms. The molecule has 1 heterocycles. The number of aryl methyl sites for hydroxylation is 2. The third-order valence-electron chi connectivity index (χ3n) is 2.80. The first kappa shape index (κ1) is 14.4. The summed E-state index contributed by atoms with van der Waals surface area (Å²) in [5, 5.41) is 4.00. The van der Waals surface area contributed by atoms with Gasteiger partial charge in [-0.25, -0.2) is 8.42 Å². The van der Waals surface area contributed by atoms with Gasteiger partial charge in [-0.05, 0) is 25.5 Å². The summed E-state index contributed by atoms with van der Waals surface area (Å²) in [6.45, 7) is 4.55. The lowest BCUT2D eigenvalue weighted by Crippen LogP contribution is -2.13. The Morgan fingerprint density at radius 3 is 2.55 bits per heavy atom. The molecule has 20 heavy (non-hydrogen) atoms. The Morgan fingerprint density at radius 2 is 1.95 bits per heavy atom. The molecule has 3 N–H and O–H groups in total. The van der Waals surface area contributed by atoms with Gasteiger partial charge in [-0.2, -0.15) is 5.10 Å². The highest BCUT2D eigenvalue weighted by Crippen LogP contribution is 2.20. The van der Waals surface area contributed by atoms with Crippen LogP contribution in [0.25, 0.3) is 0 Å². The van der Waals surface area contributed by atoms with E-state index in [0.29, 0.717) is 12.2 Å². The van der Waals surface area contributed by atoms with E-state index in [1.165, 1.54) is 6.20 Å². The number of aromatic nitrogens is 2. The number of nitrogen functional groups attached to an aromatic ring is 1. The Hall–Kier alpha value is -2.02. The van der Waals surface area contributed by atoms with Crippen molar-refractivity contribution in [2.45, 2.75) is 31.7 Å². The van der Waals surface area contributed by atoms with Crippen LogP contribution in [0.5, 0.6) is 0 Å². The van der Waals surface area contributed by atoms with Gasteiger partial charge in [0.05, 0.1) is 0 Å². The highest BCUT2D eigenvalue weighted by atomic mass is 32.2. The summed E-state index contributed by atoms with van der Waals surface area (Å²) in [6, 6.07) is 7.09.